The third-order valence-electron chi connectivity index (χ3n) is 5.88. The lowest BCUT2D eigenvalue weighted by atomic mass is 9.98. The van der Waals surface area contributed by atoms with Gasteiger partial charge in [0.25, 0.3) is 0 Å². The second kappa shape index (κ2) is 9.99. The Morgan fingerprint density at radius 3 is 2.65 bits per heavy atom. The first-order valence-corrected chi connectivity index (χ1v) is 14.1. The van der Waals surface area contributed by atoms with Gasteiger partial charge in [0, 0.05) is 24.8 Å². The van der Waals surface area contributed by atoms with Gasteiger partial charge in [0.1, 0.15) is 0 Å². The van der Waals surface area contributed by atoms with Gasteiger partial charge in [-0.15, -0.1) is 0 Å². The number of nitrogens with one attached hydrogen (secondary N) is 1. The molecule has 34 heavy (non-hydrogen) atoms. The van der Waals surface area contributed by atoms with Gasteiger partial charge in [0.15, 0.2) is 0 Å². The van der Waals surface area contributed by atoms with Gasteiger partial charge < -0.3 is 5.32 Å². The number of carbonyl (C=O) groups excluding carboxylic acids is 1. The van der Waals surface area contributed by atoms with Gasteiger partial charge in [-0.1, -0.05) is 40.6 Å². The minimum Gasteiger partial charge on any atom is -0.326 e. The van der Waals surface area contributed by atoms with E-state index >= 15 is 0 Å². The monoisotopic (exact) mass is 541 g/mol. The van der Waals surface area contributed by atoms with Crippen LogP contribution in [0.15, 0.2) is 41.2 Å². The van der Waals surface area contributed by atoms with Gasteiger partial charge >= 0.3 is 4.87 Å². The summed E-state index contributed by atoms with van der Waals surface area (Å²) in [5.74, 6) is -0.905. The molecule has 1 aliphatic heterocycles. The number of fused-ring (bicyclic) bond motifs is 1. The van der Waals surface area contributed by atoms with Crippen molar-refractivity contribution in [2.75, 3.05) is 18.4 Å². The van der Waals surface area contributed by atoms with Crippen molar-refractivity contribution < 1.29 is 13.2 Å². The number of sulfonamides is 1. The van der Waals surface area contributed by atoms with Gasteiger partial charge in [-0.2, -0.15) is 0 Å². The highest BCUT2D eigenvalue weighted by Crippen LogP contribution is 2.28. The Labute approximate surface area is 212 Å². The molecule has 1 atom stereocenters. The Kier molecular flexibility index (Phi) is 7.40. The first kappa shape index (κ1) is 25.2. The largest absolute Gasteiger partial charge is 0.326 e. The molecule has 7 nitrogen and oxygen atoms in total. The molecule has 1 saturated heterocycles. The van der Waals surface area contributed by atoms with Crippen LogP contribution in [0.5, 0.6) is 0 Å². The fourth-order valence-electron chi connectivity index (χ4n) is 4.19. The van der Waals surface area contributed by atoms with Crippen molar-refractivity contribution in [1.82, 2.24) is 8.87 Å². The van der Waals surface area contributed by atoms with E-state index in [9.17, 15) is 18.0 Å². The van der Waals surface area contributed by atoms with Crippen LogP contribution in [0.3, 0.4) is 0 Å². The number of anilines is 1. The fourth-order valence-corrected chi connectivity index (χ4v) is 7.16. The average Bonchev–Trinajstić information content (AvgIpc) is 3.11. The van der Waals surface area contributed by atoms with Gasteiger partial charge in [-0.25, -0.2) is 12.7 Å². The Balaban J connectivity index is 1.46. The van der Waals surface area contributed by atoms with Crippen molar-refractivity contribution in [3.8, 4) is 0 Å². The number of rotatable bonds is 6. The molecule has 1 fully saturated rings. The van der Waals surface area contributed by atoms with E-state index in [1.807, 2.05) is 19.9 Å². The number of benzene rings is 2. The number of aromatic nitrogens is 1. The van der Waals surface area contributed by atoms with Crippen LogP contribution in [0.2, 0.25) is 10.0 Å². The lowest BCUT2D eigenvalue weighted by molar-refractivity contribution is -0.120. The molecule has 0 aliphatic carbocycles. The molecule has 1 N–H and O–H groups in total. The van der Waals surface area contributed by atoms with Crippen LogP contribution in [-0.4, -0.2) is 36.3 Å². The third kappa shape index (κ3) is 5.33. The first-order chi connectivity index (χ1) is 16.0. The fraction of sp³-hybridized carbons (Fsp3) is 0.391. The maximum Gasteiger partial charge on any atom is 0.308 e. The lowest BCUT2D eigenvalue weighted by Gasteiger charge is -2.31. The molecule has 0 saturated carbocycles. The Hall–Kier alpha value is -1.91. The van der Waals surface area contributed by atoms with E-state index in [1.54, 1.807) is 34.9 Å². The van der Waals surface area contributed by atoms with Crippen molar-refractivity contribution in [2.24, 2.45) is 5.92 Å². The van der Waals surface area contributed by atoms with Crippen molar-refractivity contribution in [3.05, 3.63) is 61.7 Å². The number of hydrogen-bond acceptors (Lipinski definition) is 5. The van der Waals surface area contributed by atoms with Gasteiger partial charge in [0.05, 0.1) is 31.9 Å². The maximum absolute atomic E-state index is 13.0. The van der Waals surface area contributed by atoms with E-state index in [-0.39, 0.29) is 29.1 Å². The molecule has 0 spiro atoms. The van der Waals surface area contributed by atoms with Crippen LogP contribution in [0.1, 0.15) is 38.3 Å². The zero-order valence-corrected chi connectivity index (χ0v) is 21.9. The van der Waals surface area contributed by atoms with E-state index in [2.05, 4.69) is 5.32 Å². The molecule has 182 valence electrons. The van der Waals surface area contributed by atoms with Crippen LogP contribution in [0.4, 0.5) is 5.69 Å². The summed E-state index contributed by atoms with van der Waals surface area (Å²) in [4.78, 5) is 25.2. The highest BCUT2D eigenvalue weighted by molar-refractivity contribution is 7.88. The smallest absolute Gasteiger partial charge is 0.308 e. The van der Waals surface area contributed by atoms with E-state index in [0.717, 1.165) is 21.6 Å². The topological polar surface area (TPSA) is 88.5 Å². The number of amides is 1. The summed E-state index contributed by atoms with van der Waals surface area (Å²) in [5.41, 5.74) is 1.97. The third-order valence-corrected chi connectivity index (χ3v) is 9.35. The molecule has 3 aromatic rings. The SMILES string of the molecule is CC(C)n1c(=O)sc2cc(NC(=O)[C@H]3CCCN(S(=O)(=O)Cc4ccc(Cl)c(Cl)c4)C3)ccc21. The van der Waals surface area contributed by atoms with E-state index in [0.29, 0.717) is 40.7 Å². The molecule has 1 aromatic heterocycles. The standard InChI is InChI=1S/C23H25Cl2N3O4S2/c1-14(2)28-20-8-6-17(11-21(20)33-23(28)30)26-22(29)16-4-3-9-27(12-16)34(31,32)13-15-5-7-18(24)19(25)10-15/h5-8,10-11,14,16H,3-4,9,12-13H2,1-2H3,(H,26,29)/t16-/m0/s1. The van der Waals surface area contributed by atoms with Crippen molar-refractivity contribution in [2.45, 2.75) is 38.5 Å². The van der Waals surface area contributed by atoms with Crippen LogP contribution < -0.4 is 10.2 Å². The van der Waals surface area contributed by atoms with E-state index in [4.69, 9.17) is 23.2 Å². The van der Waals surface area contributed by atoms with Crippen LogP contribution >= 0.6 is 34.5 Å². The zero-order valence-electron chi connectivity index (χ0n) is 18.8. The van der Waals surface area contributed by atoms with Crippen molar-refractivity contribution in [1.29, 1.82) is 0 Å². The molecule has 11 heteroatoms. The van der Waals surface area contributed by atoms with Gasteiger partial charge in [-0.3, -0.25) is 14.2 Å². The number of carbonyl (C=O) groups is 1. The second-order valence-electron chi connectivity index (χ2n) is 8.71. The zero-order chi connectivity index (χ0) is 24.6. The van der Waals surface area contributed by atoms with Crippen LogP contribution in [-0.2, 0) is 20.6 Å². The van der Waals surface area contributed by atoms with Crippen LogP contribution in [0, 0.1) is 5.92 Å². The summed E-state index contributed by atoms with van der Waals surface area (Å²) in [6.45, 7) is 4.40. The van der Waals surface area contributed by atoms with E-state index < -0.39 is 15.9 Å². The molecule has 2 aromatic carbocycles. The molecule has 0 unspecified atom stereocenters. The van der Waals surface area contributed by atoms with Crippen LogP contribution in [0.25, 0.3) is 10.2 Å². The molecule has 0 bridgehead atoms. The molecule has 4 rings (SSSR count). The van der Waals surface area contributed by atoms with Crippen molar-refractivity contribution in [3.63, 3.8) is 0 Å². The molecule has 1 aliphatic rings. The van der Waals surface area contributed by atoms with E-state index in [1.165, 1.54) is 4.31 Å². The van der Waals surface area contributed by atoms with Crippen molar-refractivity contribution >= 4 is 66.4 Å². The molecular formula is C23H25Cl2N3O4S2. The number of hydrogen-bond donors (Lipinski definition) is 1. The Bertz CT molecular complexity index is 1400. The summed E-state index contributed by atoms with van der Waals surface area (Å²) in [5, 5.41) is 3.57. The lowest BCUT2D eigenvalue weighted by Crippen LogP contribution is -2.44. The van der Waals surface area contributed by atoms with Gasteiger partial charge in [0.2, 0.25) is 15.9 Å². The minimum absolute atomic E-state index is 0.0384. The predicted molar refractivity (Wildman–Crippen MR) is 138 cm³/mol. The summed E-state index contributed by atoms with van der Waals surface area (Å²) in [6.07, 6.45) is 1.19. The average molecular weight is 543 g/mol. The maximum atomic E-state index is 13.0. The van der Waals surface area contributed by atoms with Gasteiger partial charge in [-0.05, 0) is 62.6 Å². The number of thiazole rings is 1. The summed E-state index contributed by atoms with van der Waals surface area (Å²) in [6, 6.07) is 10.2. The highest BCUT2D eigenvalue weighted by atomic mass is 35.5. The Morgan fingerprint density at radius 1 is 1.18 bits per heavy atom. The molecule has 0 radical (unpaired) electrons. The molecule has 2 heterocycles. The summed E-state index contributed by atoms with van der Waals surface area (Å²) < 4.78 is 29.9. The minimum atomic E-state index is -3.63. The molecular weight excluding hydrogens is 517 g/mol. The summed E-state index contributed by atoms with van der Waals surface area (Å²) >= 11 is 13.1. The number of halogens is 2. The number of piperidine rings is 1. The summed E-state index contributed by atoms with van der Waals surface area (Å²) in [7, 11) is -3.63. The normalized spacial score (nSPS) is 17.4. The quantitative estimate of drug-likeness (QED) is 0.468. The second-order valence-corrected chi connectivity index (χ2v) is 12.5. The number of nitrogens with zero attached hydrogens (tertiary/aromatic N) is 2. The highest BCUT2D eigenvalue weighted by Gasteiger charge is 2.32. The Morgan fingerprint density at radius 2 is 1.94 bits per heavy atom. The first-order valence-electron chi connectivity index (χ1n) is 10.9. The molecule has 1 amide bonds. The predicted octanol–water partition coefficient (Wildman–Crippen LogP) is 5.13.